The number of rotatable bonds is 5. The molecule has 0 spiro atoms. The van der Waals surface area contributed by atoms with Crippen molar-refractivity contribution < 1.29 is 9.53 Å². The summed E-state index contributed by atoms with van der Waals surface area (Å²) in [6.45, 7) is 1.75. The molecule has 3 rings (SSSR count). The van der Waals surface area contributed by atoms with Crippen LogP contribution >= 0.6 is 0 Å². The van der Waals surface area contributed by atoms with Crippen LogP contribution in [-0.4, -0.2) is 27.8 Å². The molecule has 0 atom stereocenters. The van der Waals surface area contributed by atoms with Gasteiger partial charge in [-0.05, 0) is 48.9 Å². The van der Waals surface area contributed by atoms with Gasteiger partial charge < -0.3 is 4.74 Å². The first-order chi connectivity index (χ1) is 12.6. The highest BCUT2D eigenvalue weighted by Crippen LogP contribution is 2.16. The molecule has 7 nitrogen and oxygen atoms in total. The molecule has 0 aliphatic heterocycles. The molecule has 1 N–H and O–H groups in total. The summed E-state index contributed by atoms with van der Waals surface area (Å²) in [6, 6.07) is 16.3. The molecule has 0 aliphatic carbocycles. The van der Waals surface area contributed by atoms with Crippen molar-refractivity contribution in [3.05, 3.63) is 65.5 Å². The Morgan fingerprint density at radius 1 is 1.19 bits per heavy atom. The van der Waals surface area contributed by atoms with Gasteiger partial charge in [0.15, 0.2) is 0 Å². The van der Waals surface area contributed by atoms with Gasteiger partial charge in [0.2, 0.25) is 11.9 Å². The van der Waals surface area contributed by atoms with Gasteiger partial charge in [-0.1, -0.05) is 12.1 Å². The first-order valence-electron chi connectivity index (χ1n) is 7.96. The Kier molecular flexibility index (Phi) is 4.94. The van der Waals surface area contributed by atoms with Crippen molar-refractivity contribution in [3.63, 3.8) is 0 Å². The fourth-order valence-corrected chi connectivity index (χ4v) is 2.45. The number of carbonyl (C=O) groups is 1. The number of anilines is 1. The van der Waals surface area contributed by atoms with Crippen molar-refractivity contribution in [1.82, 2.24) is 14.8 Å². The minimum Gasteiger partial charge on any atom is -0.497 e. The zero-order valence-electron chi connectivity index (χ0n) is 14.4. The van der Waals surface area contributed by atoms with Crippen LogP contribution in [-0.2, 0) is 11.2 Å². The molecule has 0 bridgehead atoms. The van der Waals surface area contributed by atoms with Gasteiger partial charge >= 0.3 is 0 Å². The van der Waals surface area contributed by atoms with Gasteiger partial charge in [0.25, 0.3) is 0 Å². The molecule has 0 radical (unpaired) electrons. The smallest absolute Gasteiger partial charge is 0.233 e. The minimum absolute atomic E-state index is 0.197. The monoisotopic (exact) mass is 347 g/mol. The number of aryl methyl sites for hydroxylation is 1. The van der Waals surface area contributed by atoms with E-state index in [9.17, 15) is 4.79 Å². The zero-order valence-corrected chi connectivity index (χ0v) is 14.4. The number of carbonyl (C=O) groups excluding carboxylic acids is 1. The number of nitriles is 1. The highest BCUT2D eigenvalue weighted by molar-refractivity contribution is 5.91. The Bertz CT molecular complexity index is 953. The largest absolute Gasteiger partial charge is 0.497 e. The predicted octanol–water partition coefficient (Wildman–Crippen LogP) is 2.64. The number of hydrogen-bond donors (Lipinski definition) is 1. The molecule has 0 unspecified atom stereocenters. The maximum Gasteiger partial charge on any atom is 0.233 e. The second-order valence-electron chi connectivity index (χ2n) is 5.63. The fourth-order valence-electron chi connectivity index (χ4n) is 2.45. The van der Waals surface area contributed by atoms with Crippen LogP contribution in [0.4, 0.5) is 5.95 Å². The van der Waals surface area contributed by atoms with Crippen molar-refractivity contribution >= 4 is 11.9 Å². The van der Waals surface area contributed by atoms with E-state index in [1.54, 1.807) is 43.0 Å². The van der Waals surface area contributed by atoms with Crippen LogP contribution in [0.3, 0.4) is 0 Å². The third-order valence-electron chi connectivity index (χ3n) is 3.73. The Hall–Kier alpha value is -3.66. The maximum absolute atomic E-state index is 12.4. The molecule has 0 fully saturated rings. The summed E-state index contributed by atoms with van der Waals surface area (Å²) in [5, 5.41) is 16.0. The fraction of sp³-hybridized carbons (Fsp3) is 0.158. The highest BCUT2D eigenvalue weighted by Gasteiger charge is 2.13. The quantitative estimate of drug-likeness (QED) is 0.766. The van der Waals surface area contributed by atoms with Gasteiger partial charge in [-0.15, -0.1) is 5.10 Å². The van der Waals surface area contributed by atoms with Crippen molar-refractivity contribution in [2.24, 2.45) is 0 Å². The second-order valence-corrected chi connectivity index (χ2v) is 5.63. The Labute approximate surface area is 150 Å². The lowest BCUT2D eigenvalue weighted by atomic mass is 10.1. The summed E-state index contributed by atoms with van der Waals surface area (Å²) in [7, 11) is 1.60. The van der Waals surface area contributed by atoms with E-state index in [2.05, 4.69) is 21.5 Å². The average molecular weight is 347 g/mol. The molecular weight excluding hydrogens is 330 g/mol. The van der Waals surface area contributed by atoms with E-state index < -0.39 is 0 Å². The first kappa shape index (κ1) is 17.2. The molecule has 130 valence electrons. The predicted molar refractivity (Wildman–Crippen MR) is 96.1 cm³/mol. The number of nitrogens with one attached hydrogen (secondary N) is 1. The number of amides is 1. The number of nitrogens with zero attached hydrogens (tertiary/aromatic N) is 4. The topological polar surface area (TPSA) is 92.8 Å². The summed E-state index contributed by atoms with van der Waals surface area (Å²) in [4.78, 5) is 16.6. The molecule has 0 aliphatic rings. The summed E-state index contributed by atoms with van der Waals surface area (Å²) in [6.07, 6.45) is 0.212. The molecule has 1 heterocycles. The second kappa shape index (κ2) is 7.49. The highest BCUT2D eigenvalue weighted by atomic mass is 16.5. The number of hydrogen-bond acceptors (Lipinski definition) is 5. The lowest BCUT2D eigenvalue weighted by molar-refractivity contribution is -0.115. The third-order valence-corrected chi connectivity index (χ3v) is 3.73. The summed E-state index contributed by atoms with van der Waals surface area (Å²) >= 11 is 0. The maximum atomic E-state index is 12.4. The van der Waals surface area contributed by atoms with Gasteiger partial charge in [0, 0.05) is 0 Å². The molecule has 2 aromatic carbocycles. The molecule has 26 heavy (non-hydrogen) atoms. The van der Waals surface area contributed by atoms with Gasteiger partial charge in [-0.2, -0.15) is 14.9 Å². The zero-order chi connectivity index (χ0) is 18.5. The van der Waals surface area contributed by atoms with Crippen LogP contribution in [0, 0.1) is 18.3 Å². The molecule has 3 aromatic rings. The van der Waals surface area contributed by atoms with E-state index in [-0.39, 0.29) is 12.3 Å². The Morgan fingerprint density at radius 2 is 1.88 bits per heavy atom. The van der Waals surface area contributed by atoms with Crippen molar-refractivity contribution in [1.29, 1.82) is 5.26 Å². The Morgan fingerprint density at radius 3 is 2.50 bits per heavy atom. The van der Waals surface area contributed by atoms with Crippen LogP contribution < -0.4 is 10.1 Å². The van der Waals surface area contributed by atoms with Gasteiger partial charge in [0.05, 0.1) is 30.9 Å². The SMILES string of the molecule is COc1ccc(CC(=O)Nc2nc(C)nn2-c2ccc(C#N)cc2)cc1. The third kappa shape index (κ3) is 3.87. The van der Waals surface area contributed by atoms with E-state index >= 15 is 0 Å². The van der Waals surface area contributed by atoms with Crippen molar-refractivity contribution in [3.8, 4) is 17.5 Å². The molecule has 1 aromatic heterocycles. The van der Waals surface area contributed by atoms with E-state index in [0.717, 1.165) is 11.3 Å². The normalized spacial score (nSPS) is 10.2. The first-order valence-corrected chi connectivity index (χ1v) is 7.96. The molecule has 0 saturated carbocycles. The number of methoxy groups -OCH3 is 1. The van der Waals surface area contributed by atoms with Crippen molar-refractivity contribution in [2.75, 3.05) is 12.4 Å². The Balaban J connectivity index is 1.76. The van der Waals surface area contributed by atoms with Crippen LogP contribution in [0.5, 0.6) is 5.75 Å². The van der Waals surface area contributed by atoms with E-state index in [1.807, 2.05) is 24.3 Å². The number of benzene rings is 2. The van der Waals surface area contributed by atoms with Gasteiger partial charge in [0.1, 0.15) is 11.6 Å². The van der Waals surface area contributed by atoms with Crippen LogP contribution in [0.15, 0.2) is 48.5 Å². The summed E-state index contributed by atoms with van der Waals surface area (Å²) in [5.74, 6) is 1.42. The molecular formula is C19H17N5O2. The molecule has 0 saturated heterocycles. The number of ether oxygens (including phenoxy) is 1. The average Bonchev–Trinajstić information content (AvgIpc) is 3.02. The van der Waals surface area contributed by atoms with E-state index in [4.69, 9.17) is 10.00 Å². The minimum atomic E-state index is -0.197. The lowest BCUT2D eigenvalue weighted by Crippen LogP contribution is -2.17. The molecule has 7 heteroatoms. The summed E-state index contributed by atoms with van der Waals surface area (Å²) < 4.78 is 6.66. The van der Waals surface area contributed by atoms with E-state index in [1.165, 1.54) is 0 Å². The summed E-state index contributed by atoms with van der Waals surface area (Å²) in [5.41, 5.74) is 2.13. The van der Waals surface area contributed by atoms with Crippen LogP contribution in [0.1, 0.15) is 17.0 Å². The number of aromatic nitrogens is 3. The lowest BCUT2D eigenvalue weighted by Gasteiger charge is -2.08. The molecule has 1 amide bonds. The van der Waals surface area contributed by atoms with E-state index in [0.29, 0.717) is 23.0 Å². The van der Waals surface area contributed by atoms with Gasteiger partial charge in [-0.3, -0.25) is 10.1 Å². The van der Waals surface area contributed by atoms with Crippen LogP contribution in [0.25, 0.3) is 5.69 Å². The standard InChI is InChI=1S/C19H17N5O2/c1-13-21-19(24(23-13)16-7-3-15(12-20)4-8-16)22-18(25)11-14-5-9-17(26-2)10-6-14/h3-10H,11H2,1-2H3,(H,21,22,23,25). The van der Waals surface area contributed by atoms with Crippen molar-refractivity contribution in [2.45, 2.75) is 13.3 Å². The van der Waals surface area contributed by atoms with Gasteiger partial charge in [-0.25, -0.2) is 0 Å². The van der Waals surface area contributed by atoms with Crippen LogP contribution in [0.2, 0.25) is 0 Å².